The Kier molecular flexibility index (Phi) is 6.86. The van der Waals surface area contributed by atoms with E-state index in [0.717, 1.165) is 16.3 Å². The number of carbonyl (C=O) groups excluding carboxylic acids is 2. The van der Waals surface area contributed by atoms with E-state index in [-0.39, 0.29) is 37.0 Å². The smallest absolute Gasteiger partial charge is 0.387 e. The molecule has 0 saturated heterocycles. The van der Waals surface area contributed by atoms with E-state index in [1.165, 1.54) is 6.07 Å². The number of halogens is 2. The molecule has 0 aromatic heterocycles. The minimum Gasteiger partial charge on any atom is -0.434 e. The lowest BCUT2D eigenvalue weighted by atomic mass is 10.2. The molecule has 2 amide bonds. The summed E-state index contributed by atoms with van der Waals surface area (Å²) in [4.78, 5) is 27.4. The van der Waals surface area contributed by atoms with Gasteiger partial charge in [-0.1, -0.05) is 30.3 Å². The minimum atomic E-state index is -2.93. The van der Waals surface area contributed by atoms with Crippen LogP contribution in [-0.4, -0.2) is 30.7 Å². The largest absolute Gasteiger partial charge is 0.434 e. The normalized spacial score (nSPS) is 13.2. The van der Waals surface area contributed by atoms with Gasteiger partial charge < -0.3 is 15.0 Å². The quantitative estimate of drug-likeness (QED) is 0.760. The summed E-state index contributed by atoms with van der Waals surface area (Å²) in [7, 11) is 0. The number of benzene rings is 2. The highest BCUT2D eigenvalue weighted by Crippen LogP contribution is 2.34. The first-order chi connectivity index (χ1) is 13.5. The number of thioether (sulfide) groups is 1. The van der Waals surface area contributed by atoms with Crippen LogP contribution in [-0.2, 0) is 16.1 Å². The lowest BCUT2D eigenvalue weighted by Gasteiger charge is -2.29. The van der Waals surface area contributed by atoms with Crippen molar-refractivity contribution in [2.24, 2.45) is 0 Å². The van der Waals surface area contributed by atoms with Crippen molar-refractivity contribution in [2.75, 3.05) is 17.2 Å². The summed E-state index contributed by atoms with van der Waals surface area (Å²) in [5.41, 5.74) is 1.33. The van der Waals surface area contributed by atoms with Crippen LogP contribution < -0.4 is 15.0 Å². The first-order valence-corrected chi connectivity index (χ1v) is 9.85. The van der Waals surface area contributed by atoms with Crippen LogP contribution in [0.25, 0.3) is 0 Å². The maximum Gasteiger partial charge on any atom is 0.387 e. The summed E-state index contributed by atoms with van der Waals surface area (Å²) < 4.78 is 29.3. The highest BCUT2D eigenvalue weighted by atomic mass is 32.2. The zero-order valence-electron chi connectivity index (χ0n) is 15.1. The van der Waals surface area contributed by atoms with E-state index in [0.29, 0.717) is 12.1 Å². The fourth-order valence-electron chi connectivity index (χ4n) is 2.93. The molecule has 5 nitrogen and oxygen atoms in total. The molecular weight excluding hydrogens is 386 g/mol. The number of nitrogens with one attached hydrogen (secondary N) is 1. The van der Waals surface area contributed by atoms with Crippen LogP contribution in [0.5, 0.6) is 5.75 Å². The Balaban J connectivity index is 1.51. The van der Waals surface area contributed by atoms with Crippen LogP contribution in [0, 0.1) is 0 Å². The van der Waals surface area contributed by atoms with E-state index < -0.39 is 6.61 Å². The highest BCUT2D eigenvalue weighted by Gasteiger charge is 2.22. The first-order valence-electron chi connectivity index (χ1n) is 8.86. The van der Waals surface area contributed by atoms with Crippen LogP contribution >= 0.6 is 11.8 Å². The van der Waals surface area contributed by atoms with Crippen LogP contribution in [0.3, 0.4) is 0 Å². The molecule has 0 fully saturated rings. The minimum absolute atomic E-state index is 0.0244. The third kappa shape index (κ3) is 5.22. The van der Waals surface area contributed by atoms with Gasteiger partial charge >= 0.3 is 6.61 Å². The predicted octanol–water partition coefficient (Wildman–Crippen LogP) is 3.82. The van der Waals surface area contributed by atoms with Crippen molar-refractivity contribution < 1.29 is 23.1 Å². The maximum absolute atomic E-state index is 12.5. The molecule has 3 rings (SSSR count). The van der Waals surface area contributed by atoms with E-state index in [1.807, 2.05) is 24.3 Å². The molecule has 8 heteroatoms. The maximum atomic E-state index is 12.5. The molecular formula is C20H20F2N2O3S. The number of carbonyl (C=O) groups is 2. The molecule has 28 heavy (non-hydrogen) atoms. The number of ether oxygens (including phenoxy) is 1. The number of amides is 2. The third-order valence-electron chi connectivity index (χ3n) is 4.26. The topological polar surface area (TPSA) is 58.6 Å². The zero-order chi connectivity index (χ0) is 19.9. The molecule has 0 spiro atoms. The number of anilines is 1. The molecule has 1 aliphatic heterocycles. The Labute approximate surface area is 166 Å². The Morgan fingerprint density at radius 2 is 1.86 bits per heavy atom. The van der Waals surface area contributed by atoms with Crippen molar-refractivity contribution in [3.05, 3.63) is 54.1 Å². The second-order valence-electron chi connectivity index (χ2n) is 6.12. The molecule has 1 N–H and O–H groups in total. The Morgan fingerprint density at radius 3 is 2.68 bits per heavy atom. The average Bonchev–Trinajstić information content (AvgIpc) is 2.70. The summed E-state index contributed by atoms with van der Waals surface area (Å²) in [5, 5.41) is 2.65. The van der Waals surface area contributed by atoms with Gasteiger partial charge in [0.05, 0.1) is 5.69 Å². The Bertz CT molecular complexity index is 848. The molecule has 2 aromatic carbocycles. The second kappa shape index (κ2) is 9.54. The molecule has 0 atom stereocenters. The van der Waals surface area contributed by atoms with Crippen LogP contribution in [0.2, 0.25) is 0 Å². The summed E-state index contributed by atoms with van der Waals surface area (Å²) in [6.07, 6.45) is 0.114. The van der Waals surface area contributed by atoms with Gasteiger partial charge in [0.25, 0.3) is 0 Å². The number of rotatable bonds is 7. The van der Waals surface area contributed by atoms with Crippen molar-refractivity contribution in [1.29, 1.82) is 0 Å². The van der Waals surface area contributed by atoms with E-state index in [9.17, 15) is 18.4 Å². The Hall–Kier alpha value is -2.61. The summed E-state index contributed by atoms with van der Waals surface area (Å²) in [6.45, 7) is -2.26. The van der Waals surface area contributed by atoms with Gasteiger partial charge in [-0.15, -0.1) is 11.8 Å². The third-order valence-corrected chi connectivity index (χ3v) is 5.30. The summed E-state index contributed by atoms with van der Waals surface area (Å²) in [5.74, 6) is 0.413. The van der Waals surface area contributed by atoms with E-state index in [1.54, 1.807) is 34.9 Å². The van der Waals surface area contributed by atoms with Gasteiger partial charge in [-0.25, -0.2) is 0 Å². The highest BCUT2D eigenvalue weighted by molar-refractivity contribution is 7.99. The molecule has 0 unspecified atom stereocenters. The van der Waals surface area contributed by atoms with Crippen LogP contribution in [0.15, 0.2) is 53.4 Å². The Morgan fingerprint density at radius 1 is 1.11 bits per heavy atom. The lowest BCUT2D eigenvalue weighted by molar-refractivity contribution is -0.125. The molecule has 1 aliphatic rings. The number of hydrogen-bond acceptors (Lipinski definition) is 4. The molecule has 1 heterocycles. The van der Waals surface area contributed by atoms with Crippen LogP contribution in [0.4, 0.5) is 14.5 Å². The van der Waals surface area contributed by atoms with Crippen molar-refractivity contribution in [3.8, 4) is 5.75 Å². The van der Waals surface area contributed by atoms with E-state index >= 15 is 0 Å². The molecule has 0 bridgehead atoms. The molecule has 0 saturated carbocycles. The van der Waals surface area contributed by atoms with Gasteiger partial charge in [0.15, 0.2) is 0 Å². The average molecular weight is 406 g/mol. The van der Waals surface area contributed by atoms with Crippen molar-refractivity contribution in [3.63, 3.8) is 0 Å². The molecule has 0 aliphatic carbocycles. The molecule has 2 aromatic rings. The van der Waals surface area contributed by atoms with E-state index in [2.05, 4.69) is 10.1 Å². The SMILES string of the molecule is O=C(CCC(=O)N1CCSc2ccccc21)NCc1ccccc1OC(F)F. The van der Waals surface area contributed by atoms with Crippen molar-refractivity contribution >= 4 is 29.3 Å². The first kappa shape index (κ1) is 20.1. The van der Waals surface area contributed by atoms with Gasteiger partial charge in [-0.2, -0.15) is 8.78 Å². The lowest BCUT2D eigenvalue weighted by Crippen LogP contribution is -2.36. The second-order valence-corrected chi connectivity index (χ2v) is 7.26. The number of fused-ring (bicyclic) bond motifs is 1. The summed E-state index contributed by atoms with van der Waals surface area (Å²) >= 11 is 1.71. The number of alkyl halides is 2. The van der Waals surface area contributed by atoms with Crippen LogP contribution in [0.1, 0.15) is 18.4 Å². The van der Waals surface area contributed by atoms with Crippen molar-refractivity contribution in [1.82, 2.24) is 5.32 Å². The van der Waals surface area contributed by atoms with Gasteiger partial charge in [-0.05, 0) is 18.2 Å². The monoisotopic (exact) mass is 406 g/mol. The predicted molar refractivity (Wildman–Crippen MR) is 104 cm³/mol. The molecule has 0 radical (unpaired) electrons. The molecule has 148 valence electrons. The number of para-hydroxylation sites is 2. The number of nitrogens with zero attached hydrogens (tertiary/aromatic N) is 1. The van der Waals surface area contributed by atoms with E-state index in [4.69, 9.17) is 0 Å². The fourth-order valence-corrected chi connectivity index (χ4v) is 3.92. The van der Waals surface area contributed by atoms with Gasteiger partial charge in [0, 0.05) is 42.1 Å². The van der Waals surface area contributed by atoms with Gasteiger partial charge in [-0.3, -0.25) is 9.59 Å². The summed E-state index contributed by atoms with van der Waals surface area (Å²) in [6, 6.07) is 14.0. The zero-order valence-corrected chi connectivity index (χ0v) is 15.9. The van der Waals surface area contributed by atoms with Gasteiger partial charge in [0.2, 0.25) is 11.8 Å². The fraction of sp³-hybridized carbons (Fsp3) is 0.300. The van der Waals surface area contributed by atoms with Gasteiger partial charge in [0.1, 0.15) is 5.75 Å². The van der Waals surface area contributed by atoms with Crippen molar-refractivity contribution in [2.45, 2.75) is 30.9 Å². The number of hydrogen-bond donors (Lipinski definition) is 1. The standard InChI is InChI=1S/C20H20F2N2O3S/c21-20(22)27-16-7-3-1-5-14(16)13-23-18(25)9-10-19(26)24-11-12-28-17-8-4-2-6-15(17)24/h1-8,20H,9-13H2,(H,23,25).